The van der Waals surface area contributed by atoms with Crippen molar-refractivity contribution in [1.82, 2.24) is 9.80 Å². The Labute approximate surface area is 137 Å². The van der Waals surface area contributed by atoms with E-state index >= 15 is 0 Å². The number of aliphatic imine (C=N–C) groups is 1. The molecule has 1 aromatic rings. The Morgan fingerprint density at radius 2 is 2.14 bits per heavy atom. The summed E-state index contributed by atoms with van der Waals surface area (Å²) in [7, 11) is 5.81. The van der Waals surface area contributed by atoms with Gasteiger partial charge in [0.15, 0.2) is 5.96 Å². The maximum absolute atomic E-state index is 6.15. The fourth-order valence-corrected chi connectivity index (χ4v) is 3.39. The van der Waals surface area contributed by atoms with Gasteiger partial charge in [-0.05, 0) is 31.8 Å². The van der Waals surface area contributed by atoms with E-state index in [-0.39, 0.29) is 6.04 Å². The molecular formula is C16H26N4OS. The van der Waals surface area contributed by atoms with Crippen molar-refractivity contribution in [3.8, 4) is 5.75 Å². The minimum Gasteiger partial charge on any atom is -0.497 e. The number of benzene rings is 1. The van der Waals surface area contributed by atoms with Crippen LogP contribution in [0.15, 0.2) is 29.3 Å². The lowest BCUT2D eigenvalue weighted by atomic mass is 10.1. The molecule has 6 heteroatoms. The molecule has 1 aromatic carbocycles. The number of rotatable bonds is 5. The highest BCUT2D eigenvalue weighted by Crippen LogP contribution is 2.23. The summed E-state index contributed by atoms with van der Waals surface area (Å²) in [4.78, 5) is 8.97. The lowest BCUT2D eigenvalue weighted by Gasteiger charge is -2.28. The molecule has 1 fully saturated rings. The first-order chi connectivity index (χ1) is 10.6. The smallest absolute Gasteiger partial charge is 0.191 e. The summed E-state index contributed by atoms with van der Waals surface area (Å²) < 4.78 is 5.32. The third-order valence-electron chi connectivity index (χ3n) is 3.86. The van der Waals surface area contributed by atoms with E-state index < -0.39 is 0 Å². The number of hydrogen-bond acceptors (Lipinski definition) is 4. The summed E-state index contributed by atoms with van der Waals surface area (Å²) in [5.74, 6) is 3.79. The molecule has 0 spiro atoms. The van der Waals surface area contributed by atoms with E-state index in [1.165, 1.54) is 5.56 Å². The number of nitrogens with two attached hydrogens (primary N) is 1. The zero-order valence-corrected chi connectivity index (χ0v) is 14.5. The third kappa shape index (κ3) is 4.55. The molecule has 0 aromatic heterocycles. The molecule has 1 aliphatic heterocycles. The quantitative estimate of drug-likeness (QED) is 0.660. The van der Waals surface area contributed by atoms with Crippen molar-refractivity contribution >= 4 is 17.7 Å². The Morgan fingerprint density at radius 3 is 2.77 bits per heavy atom. The summed E-state index contributed by atoms with van der Waals surface area (Å²) in [6.07, 6.45) is 0. The highest BCUT2D eigenvalue weighted by Gasteiger charge is 2.16. The van der Waals surface area contributed by atoms with Gasteiger partial charge in [-0.3, -0.25) is 4.99 Å². The number of ether oxygens (including phenoxy) is 1. The summed E-state index contributed by atoms with van der Waals surface area (Å²) in [5, 5.41) is 0. The Bertz CT molecular complexity index is 501. The van der Waals surface area contributed by atoms with Gasteiger partial charge in [-0.2, -0.15) is 11.8 Å². The maximum atomic E-state index is 6.15. The molecule has 1 aliphatic rings. The number of hydrogen-bond donors (Lipinski definition) is 1. The van der Waals surface area contributed by atoms with E-state index in [4.69, 9.17) is 10.5 Å². The molecule has 0 aliphatic carbocycles. The van der Waals surface area contributed by atoms with Gasteiger partial charge >= 0.3 is 0 Å². The molecule has 0 bridgehead atoms. The number of guanidine groups is 1. The van der Waals surface area contributed by atoms with Crippen LogP contribution in [-0.2, 0) is 0 Å². The highest BCUT2D eigenvalue weighted by atomic mass is 32.2. The van der Waals surface area contributed by atoms with Crippen molar-refractivity contribution in [2.45, 2.75) is 6.04 Å². The monoisotopic (exact) mass is 322 g/mol. The van der Waals surface area contributed by atoms with E-state index in [2.05, 4.69) is 41.0 Å². The predicted octanol–water partition coefficient (Wildman–Crippen LogP) is 1.66. The summed E-state index contributed by atoms with van der Waals surface area (Å²) in [5.41, 5.74) is 7.34. The Morgan fingerprint density at radius 1 is 1.41 bits per heavy atom. The standard InChI is InChI=1S/C16H26N4OS/c1-19(2)15(13-5-4-6-14(11-13)21-3)12-18-16(17)20-7-9-22-10-8-20/h4-6,11,15H,7-10,12H2,1-3H3,(H2,17,18). The first-order valence-corrected chi connectivity index (χ1v) is 8.70. The van der Waals surface area contributed by atoms with E-state index in [1.54, 1.807) is 7.11 Å². The van der Waals surface area contributed by atoms with Gasteiger partial charge in [0.25, 0.3) is 0 Å². The van der Waals surface area contributed by atoms with Gasteiger partial charge in [-0.15, -0.1) is 0 Å². The van der Waals surface area contributed by atoms with Crippen LogP contribution in [0.2, 0.25) is 0 Å². The molecule has 2 rings (SSSR count). The molecule has 22 heavy (non-hydrogen) atoms. The van der Waals surface area contributed by atoms with E-state index in [9.17, 15) is 0 Å². The van der Waals surface area contributed by atoms with E-state index in [0.717, 1.165) is 30.3 Å². The number of nitrogens with zero attached hydrogens (tertiary/aromatic N) is 3. The van der Waals surface area contributed by atoms with Gasteiger partial charge in [0.2, 0.25) is 0 Å². The van der Waals surface area contributed by atoms with Crippen LogP contribution >= 0.6 is 11.8 Å². The molecule has 1 heterocycles. The Balaban J connectivity index is 2.07. The summed E-state index contributed by atoms with van der Waals surface area (Å²) in [6.45, 7) is 2.63. The molecule has 5 nitrogen and oxygen atoms in total. The zero-order chi connectivity index (χ0) is 15.9. The topological polar surface area (TPSA) is 54.1 Å². The van der Waals surface area contributed by atoms with Gasteiger partial charge in [0.05, 0.1) is 19.7 Å². The Hall–Kier alpha value is -1.40. The third-order valence-corrected chi connectivity index (χ3v) is 4.81. The first kappa shape index (κ1) is 17.0. The van der Waals surface area contributed by atoms with Gasteiger partial charge in [-0.25, -0.2) is 0 Å². The fraction of sp³-hybridized carbons (Fsp3) is 0.562. The molecular weight excluding hydrogens is 296 g/mol. The minimum absolute atomic E-state index is 0.188. The predicted molar refractivity (Wildman–Crippen MR) is 94.8 cm³/mol. The molecule has 0 saturated carbocycles. The second-order valence-corrected chi connectivity index (χ2v) is 6.78. The molecule has 1 saturated heterocycles. The first-order valence-electron chi connectivity index (χ1n) is 7.55. The van der Waals surface area contributed by atoms with Crippen molar-refractivity contribution in [2.24, 2.45) is 10.7 Å². The van der Waals surface area contributed by atoms with E-state index in [1.807, 2.05) is 23.9 Å². The second kappa shape index (κ2) is 8.29. The SMILES string of the molecule is COc1cccc(C(CN=C(N)N2CCSCC2)N(C)C)c1. The van der Waals surface area contributed by atoms with Crippen molar-refractivity contribution in [3.63, 3.8) is 0 Å². The second-order valence-electron chi connectivity index (χ2n) is 5.55. The van der Waals surface area contributed by atoms with Gasteiger partial charge in [-0.1, -0.05) is 12.1 Å². The largest absolute Gasteiger partial charge is 0.497 e. The van der Waals surface area contributed by atoms with Crippen LogP contribution in [0.1, 0.15) is 11.6 Å². The number of methoxy groups -OCH3 is 1. The van der Waals surface area contributed by atoms with Gasteiger partial charge < -0.3 is 20.3 Å². The van der Waals surface area contributed by atoms with Crippen LogP contribution in [-0.4, -0.2) is 68.1 Å². The molecule has 0 radical (unpaired) electrons. The number of likely N-dealkylation sites (N-methyl/N-ethyl adjacent to an activating group) is 1. The van der Waals surface area contributed by atoms with Crippen molar-refractivity contribution in [1.29, 1.82) is 0 Å². The van der Waals surface area contributed by atoms with Crippen LogP contribution in [0.3, 0.4) is 0 Å². The number of thioether (sulfide) groups is 1. The average molecular weight is 322 g/mol. The lowest BCUT2D eigenvalue weighted by molar-refractivity contribution is 0.304. The van der Waals surface area contributed by atoms with Gasteiger partial charge in [0.1, 0.15) is 5.75 Å². The van der Waals surface area contributed by atoms with Gasteiger partial charge in [0, 0.05) is 24.6 Å². The molecule has 122 valence electrons. The summed E-state index contributed by atoms with van der Waals surface area (Å²) >= 11 is 1.97. The zero-order valence-electron chi connectivity index (χ0n) is 13.7. The van der Waals surface area contributed by atoms with Crippen LogP contribution < -0.4 is 10.5 Å². The molecule has 1 unspecified atom stereocenters. The van der Waals surface area contributed by atoms with Crippen LogP contribution in [0.4, 0.5) is 0 Å². The molecule has 0 amide bonds. The molecule has 2 N–H and O–H groups in total. The van der Waals surface area contributed by atoms with E-state index in [0.29, 0.717) is 12.5 Å². The maximum Gasteiger partial charge on any atom is 0.191 e. The van der Waals surface area contributed by atoms with Crippen LogP contribution in [0, 0.1) is 0 Å². The van der Waals surface area contributed by atoms with Crippen LogP contribution in [0.25, 0.3) is 0 Å². The fourth-order valence-electron chi connectivity index (χ4n) is 2.49. The van der Waals surface area contributed by atoms with Crippen molar-refractivity contribution in [2.75, 3.05) is 52.3 Å². The Kier molecular flexibility index (Phi) is 6.39. The normalized spacial score (nSPS) is 17.6. The minimum atomic E-state index is 0.188. The van der Waals surface area contributed by atoms with Crippen LogP contribution in [0.5, 0.6) is 5.75 Å². The lowest BCUT2D eigenvalue weighted by Crippen LogP contribution is -2.43. The average Bonchev–Trinajstić information content (AvgIpc) is 2.55. The van der Waals surface area contributed by atoms with Crippen molar-refractivity contribution < 1.29 is 4.74 Å². The highest BCUT2D eigenvalue weighted by molar-refractivity contribution is 7.99. The summed E-state index contributed by atoms with van der Waals surface area (Å²) in [6, 6.07) is 8.33. The van der Waals surface area contributed by atoms with Crippen molar-refractivity contribution in [3.05, 3.63) is 29.8 Å². The molecule has 1 atom stereocenters.